The Morgan fingerprint density at radius 3 is 2.53 bits per heavy atom. The van der Waals surface area contributed by atoms with Crippen molar-refractivity contribution < 1.29 is 8.42 Å². The summed E-state index contributed by atoms with van der Waals surface area (Å²) in [4.78, 5) is 0.0543. The summed E-state index contributed by atoms with van der Waals surface area (Å²) in [5.74, 6) is 0.503. The summed E-state index contributed by atoms with van der Waals surface area (Å²) in [5, 5.41) is -0.729. The van der Waals surface area contributed by atoms with Gasteiger partial charge in [-0.3, -0.25) is 0 Å². The number of sulfonamides is 1. The summed E-state index contributed by atoms with van der Waals surface area (Å²) in [6, 6.07) is 0. The normalized spacial score (nSPS) is 19.5. The largest absolute Gasteiger partial charge is 0.392 e. The topological polar surface area (TPSA) is 72.2 Å². The van der Waals surface area contributed by atoms with E-state index in [0.717, 1.165) is 12.8 Å². The predicted octanol–water partition coefficient (Wildman–Crippen LogP) is 0.771. The van der Waals surface area contributed by atoms with Crippen LogP contribution in [0.4, 0.5) is 0 Å². The molecule has 0 heterocycles. The Hall–Kier alpha value is -0.200. The lowest BCUT2D eigenvalue weighted by atomic mass is 9.86. The van der Waals surface area contributed by atoms with Gasteiger partial charge in [0, 0.05) is 6.54 Å². The first-order chi connectivity index (χ1) is 6.97. The number of nitrogens with one attached hydrogen (secondary N) is 1. The number of thiocarbonyl (C=S) groups is 1. The highest BCUT2D eigenvalue weighted by molar-refractivity contribution is 7.93. The number of rotatable bonds is 6. The average Bonchev–Trinajstić information content (AvgIpc) is 2.00. The Morgan fingerprint density at radius 2 is 2.20 bits per heavy atom. The lowest BCUT2D eigenvalue weighted by Crippen LogP contribution is -2.43. The zero-order valence-corrected chi connectivity index (χ0v) is 10.5. The van der Waals surface area contributed by atoms with E-state index in [0.29, 0.717) is 18.9 Å². The zero-order valence-electron chi connectivity index (χ0n) is 8.90. The van der Waals surface area contributed by atoms with Gasteiger partial charge >= 0.3 is 0 Å². The molecule has 1 rings (SSSR count). The number of hydrogen-bond acceptors (Lipinski definition) is 3. The Kier molecular flexibility index (Phi) is 4.48. The Labute approximate surface area is 96.7 Å². The van der Waals surface area contributed by atoms with E-state index in [1.165, 1.54) is 6.42 Å². The summed E-state index contributed by atoms with van der Waals surface area (Å²) in [6.07, 6.45) is 3.87. The molecular weight excluding hydrogens is 232 g/mol. The molecule has 0 aromatic rings. The lowest BCUT2D eigenvalue weighted by molar-refractivity contribution is 0.316. The SMILES string of the molecule is CCC(C(N)=S)S(=O)(=O)NCC1CCC1. The second kappa shape index (κ2) is 5.23. The molecule has 0 spiro atoms. The average molecular weight is 250 g/mol. The minimum absolute atomic E-state index is 0.0543. The van der Waals surface area contributed by atoms with Crippen molar-refractivity contribution in [3.8, 4) is 0 Å². The van der Waals surface area contributed by atoms with Crippen molar-refractivity contribution >= 4 is 27.2 Å². The third kappa shape index (κ3) is 3.39. The van der Waals surface area contributed by atoms with Gasteiger partial charge in [-0.05, 0) is 25.2 Å². The monoisotopic (exact) mass is 250 g/mol. The maximum atomic E-state index is 11.8. The van der Waals surface area contributed by atoms with Crippen LogP contribution < -0.4 is 10.5 Å². The summed E-state index contributed by atoms with van der Waals surface area (Å²) in [5.41, 5.74) is 5.40. The second-order valence-electron chi connectivity index (χ2n) is 3.99. The molecule has 0 saturated heterocycles. The molecule has 1 unspecified atom stereocenters. The van der Waals surface area contributed by atoms with Crippen molar-refractivity contribution in [1.29, 1.82) is 0 Å². The molecule has 1 saturated carbocycles. The van der Waals surface area contributed by atoms with Crippen LogP contribution in [0.5, 0.6) is 0 Å². The smallest absolute Gasteiger partial charge is 0.221 e. The van der Waals surface area contributed by atoms with E-state index < -0.39 is 15.3 Å². The van der Waals surface area contributed by atoms with Gasteiger partial charge in [0.05, 0.1) is 4.99 Å². The molecule has 0 bridgehead atoms. The van der Waals surface area contributed by atoms with Crippen LogP contribution in [0.15, 0.2) is 0 Å². The maximum absolute atomic E-state index is 11.8. The fraction of sp³-hybridized carbons (Fsp3) is 0.889. The van der Waals surface area contributed by atoms with Gasteiger partial charge in [-0.2, -0.15) is 0 Å². The van der Waals surface area contributed by atoms with Crippen LogP contribution in [0.2, 0.25) is 0 Å². The molecule has 0 aliphatic heterocycles. The van der Waals surface area contributed by atoms with Crippen molar-refractivity contribution in [1.82, 2.24) is 4.72 Å². The molecule has 4 nitrogen and oxygen atoms in total. The van der Waals surface area contributed by atoms with Crippen molar-refractivity contribution in [2.75, 3.05) is 6.54 Å². The van der Waals surface area contributed by atoms with Crippen molar-refractivity contribution in [3.05, 3.63) is 0 Å². The molecule has 1 atom stereocenters. The predicted molar refractivity (Wildman–Crippen MR) is 65.1 cm³/mol. The van der Waals surface area contributed by atoms with Gasteiger partial charge < -0.3 is 5.73 Å². The van der Waals surface area contributed by atoms with E-state index in [1.807, 2.05) is 0 Å². The molecule has 3 N–H and O–H groups in total. The molecule has 1 aliphatic rings. The summed E-state index contributed by atoms with van der Waals surface area (Å²) < 4.78 is 26.1. The van der Waals surface area contributed by atoms with Gasteiger partial charge in [0.1, 0.15) is 5.25 Å². The summed E-state index contributed by atoms with van der Waals surface area (Å²) >= 11 is 4.75. The van der Waals surface area contributed by atoms with Crippen LogP contribution >= 0.6 is 12.2 Å². The van der Waals surface area contributed by atoms with Crippen LogP contribution in [0, 0.1) is 5.92 Å². The van der Waals surface area contributed by atoms with Crippen molar-refractivity contribution in [2.24, 2.45) is 11.7 Å². The van der Waals surface area contributed by atoms with Gasteiger partial charge in [-0.25, -0.2) is 13.1 Å². The highest BCUT2D eigenvalue weighted by Crippen LogP contribution is 2.25. The molecule has 0 radical (unpaired) electrons. The molecule has 15 heavy (non-hydrogen) atoms. The maximum Gasteiger partial charge on any atom is 0.221 e. The Balaban J connectivity index is 2.51. The fourth-order valence-corrected chi connectivity index (χ4v) is 3.57. The van der Waals surface area contributed by atoms with E-state index in [9.17, 15) is 8.42 Å². The Morgan fingerprint density at radius 1 is 1.60 bits per heavy atom. The molecule has 1 fully saturated rings. The molecule has 0 aromatic carbocycles. The molecule has 1 aliphatic carbocycles. The van der Waals surface area contributed by atoms with Crippen molar-refractivity contribution in [3.63, 3.8) is 0 Å². The fourth-order valence-electron chi connectivity index (χ4n) is 1.61. The van der Waals surface area contributed by atoms with Crippen LogP contribution in [0.1, 0.15) is 32.6 Å². The highest BCUT2D eigenvalue weighted by Gasteiger charge is 2.28. The first-order valence-corrected chi connectivity index (χ1v) is 7.20. The minimum Gasteiger partial charge on any atom is -0.392 e. The van der Waals surface area contributed by atoms with Gasteiger partial charge in [0.2, 0.25) is 10.0 Å². The van der Waals surface area contributed by atoms with E-state index in [2.05, 4.69) is 4.72 Å². The lowest BCUT2D eigenvalue weighted by Gasteiger charge is -2.26. The molecule has 88 valence electrons. The third-order valence-electron chi connectivity index (χ3n) is 2.86. The molecular formula is C9H18N2O2S2. The third-order valence-corrected chi connectivity index (χ3v) is 5.20. The van der Waals surface area contributed by atoms with E-state index in [1.54, 1.807) is 6.92 Å². The second-order valence-corrected chi connectivity index (χ2v) is 6.41. The van der Waals surface area contributed by atoms with Crippen LogP contribution in [0.25, 0.3) is 0 Å². The first kappa shape index (κ1) is 12.9. The van der Waals surface area contributed by atoms with E-state index in [4.69, 9.17) is 18.0 Å². The molecule has 0 aromatic heterocycles. The standard InChI is InChI=1S/C9H18N2O2S2/c1-2-8(9(10)14)15(12,13)11-6-7-4-3-5-7/h7-8,11H,2-6H2,1H3,(H2,10,14). The van der Waals surface area contributed by atoms with Gasteiger partial charge in [0.25, 0.3) is 0 Å². The zero-order chi connectivity index (χ0) is 11.5. The van der Waals surface area contributed by atoms with E-state index in [-0.39, 0.29) is 4.99 Å². The minimum atomic E-state index is -3.36. The van der Waals surface area contributed by atoms with Gasteiger partial charge in [0.15, 0.2) is 0 Å². The molecule has 6 heteroatoms. The first-order valence-electron chi connectivity index (χ1n) is 5.25. The number of hydrogen-bond donors (Lipinski definition) is 2. The van der Waals surface area contributed by atoms with E-state index >= 15 is 0 Å². The number of nitrogens with two attached hydrogens (primary N) is 1. The summed E-state index contributed by atoms with van der Waals surface area (Å²) in [7, 11) is -3.36. The Bertz CT molecular complexity index is 323. The summed E-state index contributed by atoms with van der Waals surface area (Å²) in [6.45, 7) is 2.30. The van der Waals surface area contributed by atoms with Gasteiger partial charge in [-0.1, -0.05) is 25.6 Å². The van der Waals surface area contributed by atoms with Crippen LogP contribution in [-0.4, -0.2) is 25.2 Å². The van der Waals surface area contributed by atoms with Gasteiger partial charge in [-0.15, -0.1) is 0 Å². The highest BCUT2D eigenvalue weighted by atomic mass is 32.2. The quantitative estimate of drug-likeness (QED) is 0.683. The molecule has 0 amide bonds. The van der Waals surface area contributed by atoms with Crippen LogP contribution in [0.3, 0.4) is 0 Å². The van der Waals surface area contributed by atoms with Crippen LogP contribution in [-0.2, 0) is 10.0 Å². The van der Waals surface area contributed by atoms with Crippen molar-refractivity contribution in [2.45, 2.75) is 37.9 Å².